The molecule has 0 unspecified atom stereocenters. The molecule has 0 amide bonds. The van der Waals surface area contributed by atoms with Crippen molar-refractivity contribution < 1.29 is 24.1 Å². The molecule has 0 atom stereocenters. The Bertz CT molecular complexity index is 168. The van der Waals surface area contributed by atoms with Gasteiger partial charge in [0.1, 0.15) is 0 Å². The minimum absolute atomic E-state index is 0.0306. The summed E-state index contributed by atoms with van der Waals surface area (Å²) in [7, 11) is 0. The molecule has 0 saturated heterocycles. The van der Waals surface area contributed by atoms with Gasteiger partial charge in [-0.3, -0.25) is 0 Å². The average molecular weight is 292 g/mol. The van der Waals surface area contributed by atoms with Crippen molar-refractivity contribution in [3.63, 3.8) is 0 Å². The Balaban J connectivity index is 3.92. The van der Waals surface area contributed by atoms with Crippen LogP contribution in [-0.2, 0) is 24.1 Å². The van der Waals surface area contributed by atoms with E-state index in [1.165, 1.54) is 26.3 Å². The second kappa shape index (κ2) is 4.57. The number of hydrogen-bond acceptors (Lipinski definition) is 1. The molecule has 0 aromatic heterocycles. The molecule has 0 heterocycles. The van der Waals surface area contributed by atoms with Crippen molar-refractivity contribution >= 4 is 10.2 Å². The fraction of sp³-hybridized carbons (Fsp3) is 0.143. The molecular formula is C7H8OW. The van der Waals surface area contributed by atoms with Crippen LogP contribution in [0.1, 0.15) is 6.92 Å². The van der Waals surface area contributed by atoms with Crippen LogP contribution in [0.5, 0.6) is 0 Å². The van der Waals surface area contributed by atoms with Gasteiger partial charge in [-0.05, 0) is 0 Å². The molecule has 0 aromatic rings. The van der Waals surface area contributed by atoms with Crippen molar-refractivity contribution in [2.45, 2.75) is 6.92 Å². The van der Waals surface area contributed by atoms with E-state index in [1.807, 2.05) is 10.5 Å². The minimum atomic E-state index is 0.0306. The summed E-state index contributed by atoms with van der Waals surface area (Å²) < 4.78 is 1.94. The molecule has 48 valence electrons. The van der Waals surface area contributed by atoms with E-state index in [0.717, 1.165) is 0 Å². The first-order valence-corrected chi connectivity index (χ1v) is 4.19. The molecule has 0 N–H and O–H groups in total. The molecule has 9 heavy (non-hydrogen) atoms. The van der Waals surface area contributed by atoms with Crippen LogP contribution >= 0.6 is 0 Å². The molecule has 0 saturated carbocycles. The Labute approximate surface area is 65.9 Å². The monoisotopic (exact) mass is 292 g/mol. The van der Waals surface area contributed by atoms with Crippen LogP contribution < -0.4 is 0 Å². The summed E-state index contributed by atoms with van der Waals surface area (Å²) in [6, 6.07) is 0. The zero-order valence-corrected chi connectivity index (χ0v) is 8.19. The maximum absolute atomic E-state index is 10.5. The molecule has 0 aromatic carbocycles. The second-order valence-electron chi connectivity index (χ2n) is 1.58. The van der Waals surface area contributed by atoms with Gasteiger partial charge in [0.2, 0.25) is 0 Å². The number of allylic oxidation sites excluding steroid dienone is 3. The average Bonchev–Trinajstić information content (AvgIpc) is 1.82. The van der Waals surface area contributed by atoms with Crippen LogP contribution in [0.2, 0.25) is 0 Å². The quantitative estimate of drug-likeness (QED) is 0.561. The molecule has 0 aliphatic carbocycles. The van der Waals surface area contributed by atoms with Gasteiger partial charge in [0.25, 0.3) is 0 Å². The number of carbonyl (C=O) groups is 1. The van der Waals surface area contributed by atoms with Gasteiger partial charge in [0.15, 0.2) is 0 Å². The SMILES string of the molecule is C=C(/C=C\[CH]=[W])C(C)=O. The van der Waals surface area contributed by atoms with E-state index in [0.29, 0.717) is 5.57 Å². The summed E-state index contributed by atoms with van der Waals surface area (Å²) in [6.45, 7) is 5.05. The van der Waals surface area contributed by atoms with Crippen molar-refractivity contribution in [2.24, 2.45) is 0 Å². The molecule has 0 bridgehead atoms. The maximum atomic E-state index is 10.5. The topological polar surface area (TPSA) is 17.1 Å². The molecule has 0 spiro atoms. The summed E-state index contributed by atoms with van der Waals surface area (Å²) >= 11 is 1.37. The Morgan fingerprint density at radius 3 is 2.56 bits per heavy atom. The Morgan fingerprint density at radius 2 is 2.22 bits per heavy atom. The second-order valence-corrected chi connectivity index (χ2v) is 2.55. The molecule has 2 heteroatoms. The molecule has 0 rings (SSSR count). The third-order valence-corrected chi connectivity index (χ3v) is 1.39. The zero-order chi connectivity index (χ0) is 7.28. The zero-order valence-electron chi connectivity index (χ0n) is 5.26. The number of rotatable bonds is 3. The van der Waals surface area contributed by atoms with E-state index >= 15 is 0 Å². The number of carbonyl (C=O) groups excluding carboxylic acids is 1. The van der Waals surface area contributed by atoms with E-state index < -0.39 is 0 Å². The third-order valence-electron chi connectivity index (χ3n) is 0.828. The number of hydrogen-bond donors (Lipinski definition) is 0. The van der Waals surface area contributed by atoms with Crippen LogP contribution in [0, 0.1) is 0 Å². The van der Waals surface area contributed by atoms with Gasteiger partial charge < -0.3 is 0 Å². The van der Waals surface area contributed by atoms with Gasteiger partial charge >= 0.3 is 65.6 Å². The number of Topliss-reactive ketones (excluding diaryl/α,β-unsaturated/α-hetero) is 1. The first kappa shape index (κ1) is 8.71. The fourth-order valence-electron chi connectivity index (χ4n) is 0.273. The van der Waals surface area contributed by atoms with Crippen LogP contribution in [0.3, 0.4) is 0 Å². The molecule has 1 nitrogen and oxygen atoms in total. The van der Waals surface area contributed by atoms with Gasteiger partial charge in [-0.2, -0.15) is 0 Å². The van der Waals surface area contributed by atoms with Crippen molar-refractivity contribution in [2.75, 3.05) is 0 Å². The Hall–Kier alpha value is -0.292. The molecule has 0 fully saturated rings. The third kappa shape index (κ3) is 4.23. The van der Waals surface area contributed by atoms with E-state index in [2.05, 4.69) is 6.58 Å². The summed E-state index contributed by atoms with van der Waals surface area (Å²) in [5.74, 6) is 0.0306. The molecule has 0 aliphatic rings. The summed E-state index contributed by atoms with van der Waals surface area (Å²) in [4.78, 5) is 10.5. The molecule has 0 aliphatic heterocycles. The van der Waals surface area contributed by atoms with Gasteiger partial charge in [0, 0.05) is 0 Å². The normalized spacial score (nSPS) is 9.44. The predicted molar refractivity (Wildman–Crippen MR) is 35.0 cm³/mol. The first-order chi connectivity index (χ1) is 4.18. The fourth-order valence-corrected chi connectivity index (χ4v) is 0.555. The van der Waals surface area contributed by atoms with E-state index in [1.54, 1.807) is 6.08 Å². The van der Waals surface area contributed by atoms with Crippen LogP contribution in [0.15, 0.2) is 24.3 Å². The van der Waals surface area contributed by atoms with Gasteiger partial charge in [-0.1, -0.05) is 0 Å². The Kier molecular flexibility index (Phi) is 4.43. The van der Waals surface area contributed by atoms with Crippen molar-refractivity contribution in [3.05, 3.63) is 24.3 Å². The van der Waals surface area contributed by atoms with Crippen LogP contribution in [-0.4, -0.2) is 10.2 Å². The number of ketones is 1. The van der Waals surface area contributed by atoms with Crippen molar-refractivity contribution in [1.82, 2.24) is 0 Å². The summed E-state index contributed by atoms with van der Waals surface area (Å²) in [5, 5.41) is 0. The van der Waals surface area contributed by atoms with Crippen molar-refractivity contribution in [1.29, 1.82) is 0 Å². The van der Waals surface area contributed by atoms with E-state index in [-0.39, 0.29) is 5.78 Å². The van der Waals surface area contributed by atoms with Gasteiger partial charge in [0.05, 0.1) is 0 Å². The summed E-state index contributed by atoms with van der Waals surface area (Å²) in [6.07, 6.45) is 3.55. The Morgan fingerprint density at radius 1 is 1.67 bits per heavy atom. The molecule has 0 radical (unpaired) electrons. The van der Waals surface area contributed by atoms with Gasteiger partial charge in [-0.15, -0.1) is 0 Å². The van der Waals surface area contributed by atoms with E-state index in [9.17, 15) is 4.79 Å². The van der Waals surface area contributed by atoms with Crippen LogP contribution in [0.25, 0.3) is 0 Å². The predicted octanol–water partition coefficient (Wildman–Crippen LogP) is 1.04. The standard InChI is InChI=1S/C7H8O.W/c1-4-5-6(2)7(3)8;/h1,4-5H,2H2,3H3;/b5-4-;. The van der Waals surface area contributed by atoms with Gasteiger partial charge in [-0.25, -0.2) is 0 Å². The molecular weight excluding hydrogens is 284 g/mol. The van der Waals surface area contributed by atoms with Crippen molar-refractivity contribution in [3.8, 4) is 0 Å². The van der Waals surface area contributed by atoms with E-state index in [4.69, 9.17) is 0 Å². The first-order valence-electron chi connectivity index (χ1n) is 2.50. The van der Waals surface area contributed by atoms with Crippen LogP contribution in [0.4, 0.5) is 0 Å². The summed E-state index contributed by atoms with van der Waals surface area (Å²) in [5.41, 5.74) is 0.563.